The van der Waals surface area contributed by atoms with Crippen LogP contribution in [0.1, 0.15) is 16.7 Å². The second-order valence-electron chi connectivity index (χ2n) is 6.43. The number of hydrogen-bond acceptors (Lipinski definition) is 5. The standard InChI is InChI=1S/C23H16ClFN2O4/c1-30-22-12-16(9-18(13-26)17-5-7-20(8-6-17)27(28)29)11-21(24)23(22)31-14-15-3-2-4-19(25)10-15/h2-12H,14H2,1H3/b18-9-. The molecule has 0 aromatic heterocycles. The summed E-state index contributed by atoms with van der Waals surface area (Å²) < 4.78 is 24.5. The number of allylic oxidation sites excluding steroid dienone is 1. The van der Waals surface area contributed by atoms with Crippen molar-refractivity contribution in [2.75, 3.05) is 7.11 Å². The summed E-state index contributed by atoms with van der Waals surface area (Å²) in [4.78, 5) is 10.3. The molecule has 0 saturated heterocycles. The van der Waals surface area contributed by atoms with E-state index in [0.717, 1.165) is 0 Å². The quantitative estimate of drug-likeness (QED) is 0.194. The van der Waals surface area contributed by atoms with Gasteiger partial charge in [-0.2, -0.15) is 5.26 Å². The van der Waals surface area contributed by atoms with Crippen molar-refractivity contribution in [1.29, 1.82) is 5.26 Å². The molecule has 0 spiro atoms. The molecule has 0 amide bonds. The van der Waals surface area contributed by atoms with Crippen molar-refractivity contribution in [1.82, 2.24) is 0 Å². The lowest BCUT2D eigenvalue weighted by atomic mass is 10.0. The predicted molar refractivity (Wildman–Crippen MR) is 115 cm³/mol. The Hall–Kier alpha value is -3.89. The number of nitro groups is 1. The van der Waals surface area contributed by atoms with E-state index in [9.17, 15) is 19.8 Å². The molecule has 0 radical (unpaired) electrons. The highest BCUT2D eigenvalue weighted by Crippen LogP contribution is 2.38. The Morgan fingerprint density at radius 1 is 1.23 bits per heavy atom. The molecule has 8 heteroatoms. The first kappa shape index (κ1) is 21.8. The Bertz CT molecular complexity index is 1190. The number of ether oxygens (including phenoxy) is 2. The molecular formula is C23H16ClFN2O4. The number of nitriles is 1. The fraction of sp³-hybridized carbons (Fsp3) is 0.0870. The van der Waals surface area contributed by atoms with Gasteiger partial charge in [-0.1, -0.05) is 23.7 Å². The van der Waals surface area contributed by atoms with E-state index >= 15 is 0 Å². The first-order chi connectivity index (χ1) is 14.9. The molecule has 31 heavy (non-hydrogen) atoms. The van der Waals surface area contributed by atoms with Gasteiger partial charge >= 0.3 is 0 Å². The maximum absolute atomic E-state index is 13.4. The summed E-state index contributed by atoms with van der Waals surface area (Å²) in [7, 11) is 1.45. The minimum absolute atomic E-state index is 0.0643. The lowest BCUT2D eigenvalue weighted by molar-refractivity contribution is -0.384. The van der Waals surface area contributed by atoms with E-state index in [1.807, 2.05) is 0 Å². The van der Waals surface area contributed by atoms with Gasteiger partial charge in [-0.15, -0.1) is 0 Å². The molecule has 0 N–H and O–H groups in total. The van der Waals surface area contributed by atoms with Crippen molar-refractivity contribution < 1.29 is 18.8 Å². The third kappa shape index (κ3) is 5.38. The Balaban J connectivity index is 1.88. The third-order valence-corrected chi connectivity index (χ3v) is 4.63. The van der Waals surface area contributed by atoms with Crippen LogP contribution >= 0.6 is 11.6 Å². The molecule has 156 valence electrons. The first-order valence-corrected chi connectivity index (χ1v) is 9.40. The average Bonchev–Trinajstić information content (AvgIpc) is 2.76. The van der Waals surface area contributed by atoms with Crippen LogP contribution in [-0.4, -0.2) is 12.0 Å². The van der Waals surface area contributed by atoms with Gasteiger partial charge in [-0.25, -0.2) is 4.39 Å². The van der Waals surface area contributed by atoms with E-state index in [1.54, 1.807) is 30.3 Å². The monoisotopic (exact) mass is 438 g/mol. The number of non-ortho nitro benzene ring substituents is 1. The van der Waals surface area contributed by atoms with Crippen LogP contribution < -0.4 is 9.47 Å². The van der Waals surface area contributed by atoms with Crippen LogP contribution in [0, 0.1) is 27.3 Å². The van der Waals surface area contributed by atoms with E-state index < -0.39 is 4.92 Å². The minimum Gasteiger partial charge on any atom is -0.493 e. The van der Waals surface area contributed by atoms with Crippen LogP contribution in [0.2, 0.25) is 5.02 Å². The number of rotatable bonds is 7. The normalized spacial score (nSPS) is 11.0. The Kier molecular flexibility index (Phi) is 6.85. The third-order valence-electron chi connectivity index (χ3n) is 4.34. The molecule has 0 fully saturated rings. The summed E-state index contributed by atoms with van der Waals surface area (Å²) in [5.41, 5.74) is 1.96. The van der Waals surface area contributed by atoms with Crippen LogP contribution in [0.15, 0.2) is 60.7 Å². The lowest BCUT2D eigenvalue weighted by Gasteiger charge is -2.14. The number of methoxy groups -OCH3 is 1. The molecular weight excluding hydrogens is 423 g/mol. The van der Waals surface area contributed by atoms with E-state index in [1.165, 1.54) is 43.5 Å². The van der Waals surface area contributed by atoms with Gasteiger partial charge in [0.2, 0.25) is 0 Å². The average molecular weight is 439 g/mol. The summed E-state index contributed by atoms with van der Waals surface area (Å²) in [6.45, 7) is 0.0925. The molecule has 0 aliphatic heterocycles. The zero-order valence-corrected chi connectivity index (χ0v) is 17.1. The zero-order valence-electron chi connectivity index (χ0n) is 16.3. The van der Waals surface area contributed by atoms with E-state index in [2.05, 4.69) is 6.07 Å². The Morgan fingerprint density at radius 2 is 1.97 bits per heavy atom. The molecule has 0 heterocycles. The van der Waals surface area contributed by atoms with Crippen LogP contribution in [-0.2, 0) is 6.61 Å². The molecule has 0 aliphatic rings. The zero-order chi connectivity index (χ0) is 22.4. The van der Waals surface area contributed by atoms with Crippen LogP contribution in [0.4, 0.5) is 10.1 Å². The number of benzene rings is 3. The van der Waals surface area contributed by atoms with Crippen molar-refractivity contribution in [3.8, 4) is 17.6 Å². The van der Waals surface area contributed by atoms with Gasteiger partial charge in [0.1, 0.15) is 12.4 Å². The highest BCUT2D eigenvalue weighted by Gasteiger charge is 2.13. The largest absolute Gasteiger partial charge is 0.493 e. The highest BCUT2D eigenvalue weighted by atomic mass is 35.5. The van der Waals surface area contributed by atoms with Crippen LogP contribution in [0.25, 0.3) is 11.6 Å². The van der Waals surface area contributed by atoms with Gasteiger partial charge in [0.05, 0.1) is 28.7 Å². The molecule has 3 rings (SSSR count). The van der Waals surface area contributed by atoms with Gasteiger partial charge in [-0.3, -0.25) is 10.1 Å². The molecule has 6 nitrogen and oxygen atoms in total. The summed E-state index contributed by atoms with van der Waals surface area (Å²) in [5, 5.41) is 20.6. The molecule has 0 unspecified atom stereocenters. The fourth-order valence-electron chi connectivity index (χ4n) is 2.85. The van der Waals surface area contributed by atoms with Gasteiger partial charge in [-0.05, 0) is 59.2 Å². The maximum atomic E-state index is 13.4. The molecule has 0 bridgehead atoms. The number of halogens is 2. The Labute approximate surface area is 182 Å². The molecule has 0 aliphatic carbocycles. The number of nitrogens with zero attached hydrogens (tertiary/aromatic N) is 2. The minimum atomic E-state index is -0.507. The summed E-state index contributed by atoms with van der Waals surface area (Å²) in [6.07, 6.45) is 1.59. The summed E-state index contributed by atoms with van der Waals surface area (Å²) >= 11 is 6.37. The molecule has 3 aromatic rings. The summed E-state index contributed by atoms with van der Waals surface area (Å²) in [5.74, 6) is 0.269. The van der Waals surface area contributed by atoms with Crippen LogP contribution in [0.5, 0.6) is 11.5 Å². The second-order valence-corrected chi connectivity index (χ2v) is 6.83. The van der Waals surface area contributed by atoms with Crippen molar-refractivity contribution in [3.05, 3.63) is 98.3 Å². The van der Waals surface area contributed by atoms with Crippen molar-refractivity contribution in [2.24, 2.45) is 0 Å². The topological polar surface area (TPSA) is 85.4 Å². The maximum Gasteiger partial charge on any atom is 0.269 e. The first-order valence-electron chi connectivity index (χ1n) is 9.02. The number of nitro benzene ring substituents is 1. The van der Waals surface area contributed by atoms with Crippen molar-refractivity contribution >= 4 is 28.9 Å². The second kappa shape index (κ2) is 9.74. The van der Waals surface area contributed by atoms with Gasteiger partial charge in [0.25, 0.3) is 5.69 Å². The van der Waals surface area contributed by atoms with Crippen molar-refractivity contribution in [3.63, 3.8) is 0 Å². The predicted octanol–water partition coefficient (Wildman–Crippen LogP) is 6.04. The van der Waals surface area contributed by atoms with E-state index in [4.69, 9.17) is 21.1 Å². The lowest BCUT2D eigenvalue weighted by Crippen LogP contribution is -1.99. The highest BCUT2D eigenvalue weighted by molar-refractivity contribution is 6.32. The van der Waals surface area contributed by atoms with Crippen LogP contribution in [0.3, 0.4) is 0 Å². The van der Waals surface area contributed by atoms with E-state index in [0.29, 0.717) is 33.8 Å². The molecule has 0 atom stereocenters. The van der Waals surface area contributed by atoms with E-state index in [-0.39, 0.29) is 23.1 Å². The van der Waals surface area contributed by atoms with Gasteiger partial charge < -0.3 is 9.47 Å². The Morgan fingerprint density at radius 3 is 2.58 bits per heavy atom. The van der Waals surface area contributed by atoms with Crippen molar-refractivity contribution in [2.45, 2.75) is 6.61 Å². The smallest absolute Gasteiger partial charge is 0.269 e. The SMILES string of the molecule is COc1cc(/C=C(/C#N)c2ccc([N+](=O)[O-])cc2)cc(Cl)c1OCc1cccc(F)c1. The molecule has 3 aromatic carbocycles. The van der Waals surface area contributed by atoms with Gasteiger partial charge in [0.15, 0.2) is 11.5 Å². The summed E-state index contributed by atoms with van der Waals surface area (Å²) in [6, 6.07) is 17.0. The number of hydrogen-bond donors (Lipinski definition) is 0. The molecule has 0 saturated carbocycles. The fourth-order valence-corrected chi connectivity index (χ4v) is 3.13. The van der Waals surface area contributed by atoms with Gasteiger partial charge in [0, 0.05) is 12.1 Å².